The molecule has 0 N–H and O–H groups in total. The number of rotatable bonds is 3. The molecule has 0 aliphatic rings. The highest BCUT2D eigenvalue weighted by atomic mass is 32.1. The van der Waals surface area contributed by atoms with E-state index in [0.29, 0.717) is 5.25 Å². The van der Waals surface area contributed by atoms with Gasteiger partial charge in [-0.2, -0.15) is 12.6 Å². The molecule has 0 aliphatic heterocycles. The van der Waals surface area contributed by atoms with E-state index in [-0.39, 0.29) is 0 Å². The Hall–Kier alpha value is 0.350. The van der Waals surface area contributed by atoms with Crippen LogP contribution in [0.2, 0.25) is 0 Å². The molecule has 0 fully saturated rings. The van der Waals surface area contributed by atoms with E-state index in [1.807, 2.05) is 0 Å². The first kappa shape index (κ1) is 7.35. The van der Waals surface area contributed by atoms with E-state index in [0.717, 1.165) is 0 Å². The third kappa shape index (κ3) is 6.35. The van der Waals surface area contributed by atoms with Gasteiger partial charge in [-0.15, -0.1) is 0 Å². The Balaban J connectivity index is 2.68. The van der Waals surface area contributed by atoms with Crippen molar-refractivity contribution in [2.24, 2.45) is 0 Å². The molecule has 0 amide bonds. The topological polar surface area (TPSA) is 0 Å². The van der Waals surface area contributed by atoms with Gasteiger partial charge >= 0.3 is 0 Å². The van der Waals surface area contributed by atoms with Gasteiger partial charge in [0.1, 0.15) is 0 Å². The molecule has 0 aromatic heterocycles. The van der Waals surface area contributed by atoms with Crippen molar-refractivity contribution in [1.29, 1.82) is 0 Å². The summed E-state index contributed by atoms with van der Waals surface area (Å²) in [5.41, 5.74) is 0. The van der Waals surface area contributed by atoms with Gasteiger partial charge in [-0.1, -0.05) is 20.3 Å². The van der Waals surface area contributed by atoms with E-state index < -0.39 is 0 Å². The van der Waals surface area contributed by atoms with E-state index in [2.05, 4.69) is 32.9 Å². The zero-order chi connectivity index (χ0) is 5.70. The summed E-state index contributed by atoms with van der Waals surface area (Å²) in [6.07, 6.45) is 4.65. The van der Waals surface area contributed by atoms with Gasteiger partial charge in [0.15, 0.2) is 0 Å². The number of hydrogen-bond donors (Lipinski definition) is 1. The van der Waals surface area contributed by atoms with Crippen molar-refractivity contribution >= 4 is 12.6 Å². The van der Waals surface area contributed by atoms with Gasteiger partial charge in [0.25, 0.3) is 0 Å². The van der Waals surface area contributed by atoms with Crippen LogP contribution >= 0.6 is 12.6 Å². The number of hydrogen-bond acceptors (Lipinski definition) is 1. The van der Waals surface area contributed by atoms with Crippen molar-refractivity contribution in [3.63, 3.8) is 0 Å². The van der Waals surface area contributed by atoms with Crippen molar-refractivity contribution in [1.82, 2.24) is 0 Å². The number of unbranched alkanes of at least 4 members (excludes halogenated alkanes) is 1. The van der Waals surface area contributed by atoms with Crippen LogP contribution in [0.4, 0.5) is 0 Å². The molecule has 0 spiro atoms. The van der Waals surface area contributed by atoms with Gasteiger partial charge in [-0.3, -0.25) is 0 Å². The third-order valence-corrected chi connectivity index (χ3v) is 1.01. The minimum atomic E-state index is 0.472. The summed E-state index contributed by atoms with van der Waals surface area (Å²) >= 11 is 4.18. The van der Waals surface area contributed by atoms with Crippen molar-refractivity contribution in [2.75, 3.05) is 0 Å². The van der Waals surface area contributed by atoms with Gasteiger partial charge in [-0.05, 0) is 12.8 Å². The second-order valence-corrected chi connectivity index (χ2v) is 2.58. The molecule has 0 saturated carbocycles. The monoisotopic (exact) mass is 117 g/mol. The van der Waals surface area contributed by atoms with Gasteiger partial charge in [0, 0.05) is 5.25 Å². The van der Waals surface area contributed by atoms with Crippen LogP contribution in [-0.4, -0.2) is 5.25 Å². The average Bonchev–Trinajstić information content (AvgIpc) is 1.61. The molecular weight excluding hydrogens is 104 g/mol. The Bertz CT molecular complexity index is 33.2. The van der Waals surface area contributed by atoms with Gasteiger partial charge in [0.05, 0.1) is 0 Å². The van der Waals surface area contributed by atoms with Crippen molar-refractivity contribution in [3.05, 3.63) is 6.42 Å². The standard InChI is InChI=1S/C6H13S/c1-3-4-5-6(2)7/h5-7H,3-4H2,1-2H3. The maximum atomic E-state index is 4.18. The first-order chi connectivity index (χ1) is 3.27. The Morgan fingerprint density at radius 2 is 2.29 bits per heavy atom. The second kappa shape index (κ2) is 4.51. The summed E-state index contributed by atoms with van der Waals surface area (Å²) in [6.45, 7) is 4.26. The van der Waals surface area contributed by atoms with Crippen LogP contribution in [0.15, 0.2) is 0 Å². The Morgan fingerprint density at radius 1 is 1.71 bits per heavy atom. The minimum absolute atomic E-state index is 0.472. The van der Waals surface area contributed by atoms with Crippen LogP contribution in [0.3, 0.4) is 0 Å². The highest BCUT2D eigenvalue weighted by Gasteiger charge is 1.90. The Morgan fingerprint density at radius 3 is 2.43 bits per heavy atom. The Kier molecular flexibility index (Phi) is 4.73. The average molecular weight is 117 g/mol. The Labute approximate surface area is 51.7 Å². The molecule has 0 heterocycles. The van der Waals surface area contributed by atoms with Crippen molar-refractivity contribution < 1.29 is 0 Å². The fourth-order valence-corrected chi connectivity index (χ4v) is 0.557. The molecular formula is C6H13S. The molecule has 0 saturated heterocycles. The predicted octanol–water partition coefficient (Wildman–Crippen LogP) is 2.31. The molecule has 7 heavy (non-hydrogen) atoms. The molecule has 1 heteroatoms. The van der Waals surface area contributed by atoms with Crippen LogP contribution < -0.4 is 0 Å². The number of thiol groups is 1. The summed E-state index contributed by atoms with van der Waals surface area (Å²) in [7, 11) is 0. The minimum Gasteiger partial charge on any atom is -0.176 e. The van der Waals surface area contributed by atoms with E-state index in [9.17, 15) is 0 Å². The summed E-state index contributed by atoms with van der Waals surface area (Å²) in [4.78, 5) is 0. The second-order valence-electron chi connectivity index (χ2n) is 1.76. The first-order valence-electron chi connectivity index (χ1n) is 2.78. The quantitative estimate of drug-likeness (QED) is 0.539. The lowest BCUT2D eigenvalue weighted by molar-refractivity contribution is 0.862. The highest BCUT2D eigenvalue weighted by Crippen LogP contribution is 2.02. The predicted molar refractivity (Wildman–Crippen MR) is 37.7 cm³/mol. The highest BCUT2D eigenvalue weighted by molar-refractivity contribution is 7.81. The molecule has 0 rings (SSSR count). The van der Waals surface area contributed by atoms with Gasteiger partial charge in [-0.25, -0.2) is 0 Å². The maximum absolute atomic E-state index is 4.18. The molecule has 0 aromatic rings. The molecule has 1 radical (unpaired) electrons. The normalized spacial score (nSPS) is 14.1. The van der Waals surface area contributed by atoms with Gasteiger partial charge in [0.2, 0.25) is 0 Å². The molecule has 43 valence electrons. The SMILES string of the molecule is CCC[CH]C(C)S. The van der Waals surface area contributed by atoms with Crippen LogP contribution in [0.25, 0.3) is 0 Å². The molecule has 1 atom stereocenters. The summed E-state index contributed by atoms with van der Waals surface area (Å²) in [6, 6.07) is 0. The molecule has 0 nitrogen and oxygen atoms in total. The fourth-order valence-electron chi connectivity index (χ4n) is 0.408. The zero-order valence-electron chi connectivity index (χ0n) is 5.02. The molecule has 0 aromatic carbocycles. The van der Waals surface area contributed by atoms with Crippen LogP contribution in [-0.2, 0) is 0 Å². The molecule has 0 aliphatic carbocycles. The lowest BCUT2D eigenvalue weighted by Crippen LogP contribution is -1.89. The van der Waals surface area contributed by atoms with Gasteiger partial charge < -0.3 is 0 Å². The fraction of sp³-hybridized carbons (Fsp3) is 0.833. The lowest BCUT2D eigenvalue weighted by atomic mass is 10.2. The first-order valence-corrected chi connectivity index (χ1v) is 3.30. The summed E-state index contributed by atoms with van der Waals surface area (Å²) < 4.78 is 0. The largest absolute Gasteiger partial charge is 0.176 e. The van der Waals surface area contributed by atoms with E-state index in [1.165, 1.54) is 12.8 Å². The van der Waals surface area contributed by atoms with E-state index in [1.54, 1.807) is 0 Å². The summed E-state index contributed by atoms with van der Waals surface area (Å²) in [5.74, 6) is 0. The molecule has 0 bridgehead atoms. The van der Waals surface area contributed by atoms with Crippen LogP contribution in [0, 0.1) is 6.42 Å². The van der Waals surface area contributed by atoms with Crippen LogP contribution in [0.1, 0.15) is 26.7 Å². The van der Waals surface area contributed by atoms with Crippen molar-refractivity contribution in [2.45, 2.75) is 31.9 Å². The maximum Gasteiger partial charge on any atom is 0.00197 e. The van der Waals surface area contributed by atoms with Crippen LogP contribution in [0.5, 0.6) is 0 Å². The lowest BCUT2D eigenvalue weighted by Gasteiger charge is -1.97. The zero-order valence-corrected chi connectivity index (χ0v) is 5.91. The van der Waals surface area contributed by atoms with E-state index in [4.69, 9.17) is 0 Å². The third-order valence-electron chi connectivity index (χ3n) is 0.796. The van der Waals surface area contributed by atoms with Crippen molar-refractivity contribution in [3.8, 4) is 0 Å². The molecule has 1 unspecified atom stereocenters. The summed E-state index contributed by atoms with van der Waals surface area (Å²) in [5, 5.41) is 0.472. The smallest absolute Gasteiger partial charge is 0.00197 e. The van der Waals surface area contributed by atoms with E-state index >= 15 is 0 Å².